The molecule has 0 atom stereocenters. The van der Waals surface area contributed by atoms with Crippen LogP contribution in [-0.4, -0.2) is 16.0 Å². The Labute approximate surface area is 103 Å². The number of aliphatic hydroxyl groups excluding tert-OH is 1. The van der Waals surface area contributed by atoms with Crippen LogP contribution in [0.2, 0.25) is 0 Å². The lowest BCUT2D eigenvalue weighted by Gasteiger charge is -2.08. The minimum absolute atomic E-state index is 0.165. The van der Waals surface area contributed by atoms with Crippen LogP contribution in [0.3, 0.4) is 0 Å². The molecule has 1 aromatic heterocycles. The number of hydrogen-bond donors (Lipinski definition) is 3. The average Bonchev–Trinajstić information content (AvgIpc) is 2.39. The van der Waals surface area contributed by atoms with E-state index in [2.05, 4.69) is 10.3 Å². The van der Waals surface area contributed by atoms with Gasteiger partial charge in [0.25, 0.3) is 5.91 Å². The Kier molecular flexibility index (Phi) is 3.54. The van der Waals surface area contributed by atoms with Gasteiger partial charge in [-0.25, -0.2) is 0 Å². The lowest BCUT2D eigenvalue weighted by Crippen LogP contribution is -2.18. The zero-order chi connectivity index (χ0) is 13.0. The molecular weight excluding hydrogens is 232 g/mol. The van der Waals surface area contributed by atoms with Gasteiger partial charge in [0, 0.05) is 17.3 Å². The van der Waals surface area contributed by atoms with E-state index < -0.39 is 5.91 Å². The number of carbonyl (C=O) groups is 1. The Balaban J connectivity index is 2.24. The highest BCUT2D eigenvalue weighted by Gasteiger charge is 2.08. The molecule has 1 heterocycles. The van der Waals surface area contributed by atoms with Gasteiger partial charge in [0.05, 0.1) is 6.61 Å². The number of rotatable bonds is 3. The molecule has 0 spiro atoms. The van der Waals surface area contributed by atoms with Gasteiger partial charge >= 0.3 is 0 Å². The van der Waals surface area contributed by atoms with Crippen molar-refractivity contribution in [3.63, 3.8) is 0 Å². The van der Waals surface area contributed by atoms with Crippen LogP contribution in [0.5, 0.6) is 0 Å². The number of nitrogens with one attached hydrogen (secondary N) is 2. The van der Waals surface area contributed by atoms with Crippen LogP contribution in [0, 0.1) is 0 Å². The summed E-state index contributed by atoms with van der Waals surface area (Å²) in [6.45, 7) is -0.165. The van der Waals surface area contributed by atoms with Gasteiger partial charge in [-0.05, 0) is 12.1 Å². The minimum Gasteiger partial charge on any atom is -0.392 e. The first-order chi connectivity index (χ1) is 8.70. The van der Waals surface area contributed by atoms with Gasteiger partial charge in [0.2, 0.25) is 5.56 Å². The number of pyridine rings is 1. The molecule has 18 heavy (non-hydrogen) atoms. The zero-order valence-electron chi connectivity index (χ0n) is 9.51. The Bertz CT molecular complexity index is 619. The number of para-hydroxylation sites is 1. The first-order valence-electron chi connectivity index (χ1n) is 5.40. The number of H-pyrrole nitrogens is 1. The molecule has 0 fully saturated rings. The van der Waals surface area contributed by atoms with Gasteiger partial charge in [-0.15, -0.1) is 0 Å². The van der Waals surface area contributed by atoms with Crippen LogP contribution in [-0.2, 0) is 6.61 Å². The van der Waals surface area contributed by atoms with Crippen LogP contribution in [0.1, 0.15) is 16.1 Å². The molecule has 92 valence electrons. The number of aromatic nitrogens is 1. The highest BCUT2D eigenvalue weighted by Crippen LogP contribution is 2.15. The molecular formula is C13H12N2O3. The van der Waals surface area contributed by atoms with E-state index in [1.54, 1.807) is 24.3 Å². The SMILES string of the molecule is O=C(Nc1ccccc1CO)c1cccc(=O)[nH]1. The fraction of sp³-hybridized carbons (Fsp3) is 0.0769. The fourth-order valence-electron chi connectivity index (χ4n) is 1.55. The second-order valence-electron chi connectivity index (χ2n) is 3.70. The maximum atomic E-state index is 11.9. The van der Waals surface area contributed by atoms with Gasteiger partial charge < -0.3 is 15.4 Å². The Morgan fingerprint density at radius 2 is 1.94 bits per heavy atom. The molecule has 0 saturated heterocycles. The first kappa shape index (κ1) is 12.1. The first-order valence-corrected chi connectivity index (χ1v) is 5.40. The van der Waals surface area contributed by atoms with Crippen molar-refractivity contribution in [2.45, 2.75) is 6.61 Å². The number of aromatic amines is 1. The molecule has 5 nitrogen and oxygen atoms in total. The molecule has 2 rings (SSSR count). The minimum atomic E-state index is -0.423. The van der Waals surface area contributed by atoms with Crippen molar-refractivity contribution in [2.75, 3.05) is 5.32 Å². The van der Waals surface area contributed by atoms with Gasteiger partial charge in [-0.2, -0.15) is 0 Å². The molecule has 0 aliphatic carbocycles. The van der Waals surface area contributed by atoms with E-state index in [9.17, 15) is 9.59 Å². The third-order valence-electron chi connectivity index (χ3n) is 2.45. The van der Waals surface area contributed by atoms with Crippen LogP contribution in [0.4, 0.5) is 5.69 Å². The molecule has 0 unspecified atom stereocenters. The second kappa shape index (κ2) is 5.29. The lowest BCUT2D eigenvalue weighted by molar-refractivity contribution is 0.102. The highest BCUT2D eigenvalue weighted by molar-refractivity contribution is 6.03. The summed E-state index contributed by atoms with van der Waals surface area (Å²) in [5, 5.41) is 11.8. The Hall–Kier alpha value is -2.40. The summed E-state index contributed by atoms with van der Waals surface area (Å²) in [5.74, 6) is -0.423. The van der Waals surface area contributed by atoms with Crippen LogP contribution >= 0.6 is 0 Å². The van der Waals surface area contributed by atoms with Crippen LogP contribution < -0.4 is 10.9 Å². The summed E-state index contributed by atoms with van der Waals surface area (Å²) < 4.78 is 0. The molecule has 5 heteroatoms. The number of anilines is 1. The molecule has 0 radical (unpaired) electrons. The maximum absolute atomic E-state index is 11.9. The molecule has 0 saturated carbocycles. The standard InChI is InChI=1S/C13H12N2O3/c16-8-9-4-1-2-5-10(9)15-13(18)11-6-3-7-12(17)14-11/h1-7,16H,8H2,(H,14,17)(H,15,18). The smallest absolute Gasteiger partial charge is 0.272 e. The number of amides is 1. The summed E-state index contributed by atoms with van der Waals surface area (Å²) in [5.41, 5.74) is 0.979. The van der Waals surface area contributed by atoms with Crippen LogP contribution in [0.25, 0.3) is 0 Å². The van der Waals surface area contributed by atoms with Crippen molar-refractivity contribution in [2.24, 2.45) is 0 Å². The van der Waals surface area contributed by atoms with Crippen LogP contribution in [0.15, 0.2) is 47.3 Å². The molecule has 1 aromatic carbocycles. The number of benzene rings is 1. The largest absolute Gasteiger partial charge is 0.392 e. The predicted molar refractivity (Wildman–Crippen MR) is 67.4 cm³/mol. The van der Waals surface area contributed by atoms with E-state index in [-0.39, 0.29) is 17.9 Å². The van der Waals surface area contributed by atoms with Crippen molar-refractivity contribution >= 4 is 11.6 Å². The number of aliphatic hydroxyl groups is 1. The zero-order valence-corrected chi connectivity index (χ0v) is 9.51. The average molecular weight is 244 g/mol. The molecule has 0 bridgehead atoms. The summed E-state index contributed by atoms with van der Waals surface area (Å²) in [6, 6.07) is 11.3. The molecule has 0 aliphatic heterocycles. The van der Waals surface area contributed by atoms with Gasteiger partial charge in [-0.1, -0.05) is 24.3 Å². The third-order valence-corrected chi connectivity index (χ3v) is 2.45. The van der Waals surface area contributed by atoms with E-state index in [0.717, 1.165) is 0 Å². The van der Waals surface area contributed by atoms with E-state index in [1.807, 2.05) is 0 Å². The van der Waals surface area contributed by atoms with E-state index >= 15 is 0 Å². The van der Waals surface area contributed by atoms with E-state index in [1.165, 1.54) is 18.2 Å². The molecule has 3 N–H and O–H groups in total. The van der Waals surface area contributed by atoms with E-state index in [0.29, 0.717) is 11.3 Å². The monoisotopic (exact) mass is 244 g/mol. The quantitative estimate of drug-likeness (QED) is 0.756. The lowest BCUT2D eigenvalue weighted by atomic mass is 10.2. The van der Waals surface area contributed by atoms with Crippen molar-refractivity contribution < 1.29 is 9.90 Å². The summed E-state index contributed by atoms with van der Waals surface area (Å²) in [4.78, 5) is 25.4. The maximum Gasteiger partial charge on any atom is 0.272 e. The third kappa shape index (κ3) is 2.64. The molecule has 1 amide bonds. The second-order valence-corrected chi connectivity index (χ2v) is 3.70. The van der Waals surface area contributed by atoms with Gasteiger partial charge in [0.1, 0.15) is 5.69 Å². The van der Waals surface area contributed by atoms with Gasteiger partial charge in [0.15, 0.2) is 0 Å². The summed E-state index contributed by atoms with van der Waals surface area (Å²) in [6.07, 6.45) is 0. The fourth-order valence-corrected chi connectivity index (χ4v) is 1.55. The Morgan fingerprint density at radius 3 is 2.67 bits per heavy atom. The van der Waals surface area contributed by atoms with Crippen molar-refractivity contribution in [3.05, 3.63) is 64.1 Å². The van der Waals surface area contributed by atoms with Crippen molar-refractivity contribution in [3.8, 4) is 0 Å². The van der Waals surface area contributed by atoms with E-state index in [4.69, 9.17) is 5.11 Å². The number of hydrogen-bond acceptors (Lipinski definition) is 3. The summed E-state index contributed by atoms with van der Waals surface area (Å²) in [7, 11) is 0. The number of carbonyl (C=O) groups excluding carboxylic acids is 1. The van der Waals surface area contributed by atoms with Gasteiger partial charge in [-0.3, -0.25) is 9.59 Å². The predicted octanol–water partition coefficient (Wildman–Crippen LogP) is 1.12. The molecule has 0 aliphatic rings. The van der Waals surface area contributed by atoms with Crippen molar-refractivity contribution in [1.82, 2.24) is 4.98 Å². The Morgan fingerprint density at radius 1 is 1.17 bits per heavy atom. The topological polar surface area (TPSA) is 82.2 Å². The highest BCUT2D eigenvalue weighted by atomic mass is 16.3. The normalized spacial score (nSPS) is 10.1. The molecule has 2 aromatic rings. The summed E-state index contributed by atoms with van der Waals surface area (Å²) >= 11 is 0. The van der Waals surface area contributed by atoms with Crippen molar-refractivity contribution in [1.29, 1.82) is 0 Å².